The summed E-state index contributed by atoms with van der Waals surface area (Å²) in [5, 5.41) is 11.3. The molecule has 0 unspecified atom stereocenters. The molecule has 1 aromatic heterocycles. The largest absolute Gasteiger partial charge is 0.507 e. The zero-order valence-electron chi connectivity index (χ0n) is 19.3. The van der Waals surface area contributed by atoms with E-state index in [1.54, 1.807) is 55.9 Å². The SMILES string of the molecule is CCOc1ccc([C@H]2C(=C(O)c3ccc(OC)cc3C)C(=O)C(=O)N2Cc2cccnc2)cc1. The minimum absolute atomic E-state index is 0.0475. The molecule has 1 N–H and O–H groups in total. The highest BCUT2D eigenvalue weighted by atomic mass is 16.5. The van der Waals surface area contributed by atoms with Crippen molar-refractivity contribution >= 4 is 17.4 Å². The van der Waals surface area contributed by atoms with Crippen molar-refractivity contribution in [3.63, 3.8) is 0 Å². The lowest BCUT2D eigenvalue weighted by Crippen LogP contribution is -2.29. The van der Waals surface area contributed by atoms with Crippen LogP contribution >= 0.6 is 0 Å². The van der Waals surface area contributed by atoms with Crippen LogP contribution in [-0.4, -0.2) is 40.4 Å². The molecule has 4 rings (SSSR count). The summed E-state index contributed by atoms with van der Waals surface area (Å²) < 4.78 is 10.8. The number of aryl methyl sites for hydroxylation is 1. The molecule has 0 radical (unpaired) electrons. The van der Waals surface area contributed by atoms with Crippen LogP contribution < -0.4 is 9.47 Å². The van der Waals surface area contributed by atoms with Crippen LogP contribution in [0.3, 0.4) is 0 Å². The van der Waals surface area contributed by atoms with Gasteiger partial charge in [0.05, 0.1) is 25.3 Å². The number of aliphatic hydroxyl groups excluding tert-OH is 1. The molecule has 7 heteroatoms. The Morgan fingerprint density at radius 2 is 1.82 bits per heavy atom. The fourth-order valence-electron chi connectivity index (χ4n) is 4.16. The van der Waals surface area contributed by atoms with Crippen LogP contribution in [0, 0.1) is 6.92 Å². The maximum Gasteiger partial charge on any atom is 0.295 e. The molecule has 0 spiro atoms. The predicted molar refractivity (Wildman–Crippen MR) is 127 cm³/mol. The molecule has 174 valence electrons. The minimum Gasteiger partial charge on any atom is -0.507 e. The minimum atomic E-state index is -0.766. The van der Waals surface area contributed by atoms with E-state index in [1.165, 1.54) is 4.90 Å². The molecule has 0 aliphatic carbocycles. The lowest BCUT2D eigenvalue weighted by molar-refractivity contribution is -0.140. The number of likely N-dealkylation sites (tertiary alicyclic amines) is 1. The normalized spacial score (nSPS) is 17.1. The molecular formula is C27H26N2O5. The van der Waals surface area contributed by atoms with Gasteiger partial charge in [-0.25, -0.2) is 0 Å². The van der Waals surface area contributed by atoms with Crippen LogP contribution in [0.4, 0.5) is 0 Å². The van der Waals surface area contributed by atoms with Gasteiger partial charge in [0.2, 0.25) is 0 Å². The second-order valence-electron chi connectivity index (χ2n) is 7.97. The van der Waals surface area contributed by atoms with Gasteiger partial charge in [0.1, 0.15) is 17.3 Å². The third-order valence-corrected chi connectivity index (χ3v) is 5.81. The zero-order valence-corrected chi connectivity index (χ0v) is 19.3. The predicted octanol–water partition coefficient (Wildman–Crippen LogP) is 4.42. The molecule has 2 aromatic carbocycles. The molecule has 2 heterocycles. The number of ketones is 1. The zero-order chi connectivity index (χ0) is 24.2. The number of hydrogen-bond acceptors (Lipinski definition) is 6. The molecule has 0 bridgehead atoms. The van der Waals surface area contributed by atoms with E-state index < -0.39 is 17.7 Å². The molecule has 1 fully saturated rings. The summed E-state index contributed by atoms with van der Waals surface area (Å²) in [6, 6.07) is 15.2. The second-order valence-corrected chi connectivity index (χ2v) is 7.97. The van der Waals surface area contributed by atoms with E-state index in [4.69, 9.17) is 9.47 Å². The molecule has 0 saturated carbocycles. The van der Waals surface area contributed by atoms with Crippen molar-refractivity contribution < 1.29 is 24.2 Å². The first-order valence-electron chi connectivity index (χ1n) is 11.0. The Labute approximate surface area is 198 Å². The van der Waals surface area contributed by atoms with Crippen LogP contribution in [0.2, 0.25) is 0 Å². The first-order valence-corrected chi connectivity index (χ1v) is 11.0. The summed E-state index contributed by atoms with van der Waals surface area (Å²) in [5.74, 6) is -0.298. The van der Waals surface area contributed by atoms with Crippen LogP contribution in [0.15, 0.2) is 72.6 Å². The summed E-state index contributed by atoms with van der Waals surface area (Å²) >= 11 is 0. The standard InChI is InChI=1S/C27H26N2O5/c1-4-34-20-9-7-19(8-10-20)24-23(25(30)22-12-11-21(33-3)14-17(22)2)26(31)27(32)29(24)16-18-6-5-13-28-15-18/h5-15,24,30H,4,16H2,1-3H3/t24-/m0/s1. The second kappa shape index (κ2) is 9.79. The molecule has 1 amide bonds. The van der Waals surface area contributed by atoms with E-state index in [9.17, 15) is 14.7 Å². The highest BCUT2D eigenvalue weighted by Crippen LogP contribution is 2.41. The monoisotopic (exact) mass is 458 g/mol. The number of methoxy groups -OCH3 is 1. The molecule has 1 aliphatic rings. The lowest BCUT2D eigenvalue weighted by Gasteiger charge is -2.25. The number of amides is 1. The smallest absolute Gasteiger partial charge is 0.295 e. The van der Waals surface area contributed by atoms with Gasteiger partial charge in [-0.1, -0.05) is 18.2 Å². The van der Waals surface area contributed by atoms with Gasteiger partial charge in [0.25, 0.3) is 11.7 Å². The van der Waals surface area contributed by atoms with Gasteiger partial charge in [0.15, 0.2) is 0 Å². The van der Waals surface area contributed by atoms with Crippen molar-refractivity contribution in [3.8, 4) is 11.5 Å². The number of Topliss-reactive ketones (excluding diaryl/α,β-unsaturated/α-hetero) is 1. The molecular weight excluding hydrogens is 432 g/mol. The number of benzene rings is 2. The summed E-state index contributed by atoms with van der Waals surface area (Å²) in [6.45, 7) is 4.41. The van der Waals surface area contributed by atoms with E-state index in [-0.39, 0.29) is 17.9 Å². The van der Waals surface area contributed by atoms with Crippen molar-refractivity contribution in [2.75, 3.05) is 13.7 Å². The van der Waals surface area contributed by atoms with Crippen molar-refractivity contribution in [3.05, 3.63) is 94.8 Å². The van der Waals surface area contributed by atoms with Gasteiger partial charge in [-0.2, -0.15) is 0 Å². The molecule has 1 aliphatic heterocycles. The number of carbonyl (C=O) groups excluding carboxylic acids is 2. The number of hydrogen-bond donors (Lipinski definition) is 1. The molecule has 7 nitrogen and oxygen atoms in total. The highest BCUT2D eigenvalue weighted by Gasteiger charge is 2.46. The van der Waals surface area contributed by atoms with Gasteiger partial charge in [-0.3, -0.25) is 14.6 Å². The Morgan fingerprint density at radius 1 is 1.09 bits per heavy atom. The van der Waals surface area contributed by atoms with E-state index in [2.05, 4.69) is 4.98 Å². The first-order chi connectivity index (χ1) is 16.4. The number of ether oxygens (including phenoxy) is 2. The Morgan fingerprint density at radius 3 is 2.44 bits per heavy atom. The number of nitrogens with zero attached hydrogens (tertiary/aromatic N) is 2. The summed E-state index contributed by atoms with van der Waals surface area (Å²) in [6.07, 6.45) is 3.30. The molecule has 1 atom stereocenters. The Hall–Kier alpha value is -4.13. The van der Waals surface area contributed by atoms with Crippen molar-refractivity contribution in [1.29, 1.82) is 0 Å². The van der Waals surface area contributed by atoms with E-state index in [0.29, 0.717) is 29.2 Å². The summed E-state index contributed by atoms with van der Waals surface area (Å²) in [4.78, 5) is 32.0. The van der Waals surface area contributed by atoms with Crippen LogP contribution in [0.25, 0.3) is 5.76 Å². The number of aliphatic hydroxyl groups is 1. The van der Waals surface area contributed by atoms with Gasteiger partial charge in [0, 0.05) is 24.5 Å². The number of pyridine rings is 1. The Kier molecular flexibility index (Phi) is 6.63. The summed E-state index contributed by atoms with van der Waals surface area (Å²) in [5.41, 5.74) is 2.71. The van der Waals surface area contributed by atoms with Crippen molar-refractivity contribution in [2.24, 2.45) is 0 Å². The topological polar surface area (TPSA) is 89.0 Å². The molecule has 34 heavy (non-hydrogen) atoms. The summed E-state index contributed by atoms with van der Waals surface area (Å²) in [7, 11) is 1.56. The van der Waals surface area contributed by atoms with Gasteiger partial charge >= 0.3 is 0 Å². The molecule has 3 aromatic rings. The average Bonchev–Trinajstić information content (AvgIpc) is 3.10. The van der Waals surface area contributed by atoms with Gasteiger partial charge in [-0.15, -0.1) is 0 Å². The van der Waals surface area contributed by atoms with E-state index >= 15 is 0 Å². The van der Waals surface area contributed by atoms with Crippen LogP contribution in [-0.2, 0) is 16.1 Å². The van der Waals surface area contributed by atoms with E-state index in [1.807, 2.05) is 32.0 Å². The van der Waals surface area contributed by atoms with Crippen molar-refractivity contribution in [1.82, 2.24) is 9.88 Å². The van der Waals surface area contributed by atoms with Gasteiger partial charge in [-0.05, 0) is 66.9 Å². The lowest BCUT2D eigenvalue weighted by atomic mass is 9.93. The number of aromatic nitrogens is 1. The third kappa shape index (κ3) is 4.37. The van der Waals surface area contributed by atoms with Crippen LogP contribution in [0.5, 0.6) is 11.5 Å². The number of carbonyl (C=O) groups is 2. The quantitative estimate of drug-likeness (QED) is 0.320. The molecule has 1 saturated heterocycles. The average molecular weight is 459 g/mol. The highest BCUT2D eigenvalue weighted by molar-refractivity contribution is 6.46. The van der Waals surface area contributed by atoms with E-state index in [0.717, 1.165) is 11.1 Å². The fraction of sp³-hybridized carbons (Fsp3) is 0.222. The maximum absolute atomic E-state index is 13.2. The maximum atomic E-state index is 13.2. The van der Waals surface area contributed by atoms with Crippen LogP contribution in [0.1, 0.15) is 35.2 Å². The first kappa shape index (κ1) is 23.0. The van der Waals surface area contributed by atoms with Crippen molar-refractivity contribution in [2.45, 2.75) is 26.4 Å². The Balaban J connectivity index is 1.85. The fourth-order valence-corrected chi connectivity index (χ4v) is 4.16. The Bertz CT molecular complexity index is 1240. The third-order valence-electron chi connectivity index (χ3n) is 5.81. The van der Waals surface area contributed by atoms with Gasteiger partial charge < -0.3 is 19.5 Å². The number of rotatable bonds is 7.